The highest BCUT2D eigenvalue weighted by molar-refractivity contribution is 7.89. The molecule has 0 radical (unpaired) electrons. The van der Waals surface area contributed by atoms with Gasteiger partial charge < -0.3 is 34.2 Å². The summed E-state index contributed by atoms with van der Waals surface area (Å²) in [5.41, 5.74) is -1.40. The number of anilines is 1. The number of carboxylic acid groups (broad SMARTS) is 1. The van der Waals surface area contributed by atoms with Gasteiger partial charge in [0.2, 0.25) is 27.4 Å². The largest absolute Gasteiger partial charge is 0.497 e. The zero-order chi connectivity index (χ0) is 33.6. The van der Waals surface area contributed by atoms with E-state index < -0.39 is 64.2 Å². The SMILES string of the molecule is COC(=O)[C@@]1(C)C(=O)N(CC(=O)O)CCN1C(=O)[C@H](CC(=O)N1CCN(c2ccncc2)CC1)NS(=O)(=O)c1ccc(OC)cc1. The molecule has 0 unspecified atom stereocenters. The topological polar surface area (TPSA) is 196 Å². The maximum Gasteiger partial charge on any atom is 0.341 e. The number of hydrogen-bond donors (Lipinski definition) is 2. The Balaban J connectivity index is 1.62. The van der Waals surface area contributed by atoms with Gasteiger partial charge in [-0.1, -0.05) is 0 Å². The van der Waals surface area contributed by atoms with E-state index in [9.17, 15) is 37.5 Å². The fourth-order valence-electron chi connectivity index (χ4n) is 5.46. The van der Waals surface area contributed by atoms with Crippen molar-refractivity contribution in [2.75, 3.05) is 64.9 Å². The van der Waals surface area contributed by atoms with Crippen molar-refractivity contribution in [3.63, 3.8) is 0 Å². The van der Waals surface area contributed by atoms with E-state index in [4.69, 9.17) is 9.47 Å². The molecule has 0 aliphatic carbocycles. The monoisotopic (exact) mass is 660 g/mol. The summed E-state index contributed by atoms with van der Waals surface area (Å²) >= 11 is 0. The van der Waals surface area contributed by atoms with Crippen molar-refractivity contribution in [1.29, 1.82) is 0 Å². The van der Waals surface area contributed by atoms with Crippen LogP contribution in [0.5, 0.6) is 5.75 Å². The molecule has 2 aliphatic rings. The molecule has 3 heterocycles. The van der Waals surface area contributed by atoms with E-state index in [1.54, 1.807) is 12.4 Å². The van der Waals surface area contributed by atoms with Crippen LogP contribution in [0, 0.1) is 0 Å². The molecule has 4 rings (SSSR count). The molecule has 248 valence electrons. The van der Waals surface area contributed by atoms with E-state index in [1.165, 1.54) is 36.3 Å². The van der Waals surface area contributed by atoms with Gasteiger partial charge in [0, 0.05) is 57.3 Å². The van der Waals surface area contributed by atoms with Crippen molar-refractivity contribution >= 4 is 45.4 Å². The van der Waals surface area contributed by atoms with E-state index in [1.807, 2.05) is 12.1 Å². The summed E-state index contributed by atoms with van der Waals surface area (Å²) in [5, 5.41) is 9.26. The molecule has 46 heavy (non-hydrogen) atoms. The number of rotatable bonds is 11. The second kappa shape index (κ2) is 14.1. The van der Waals surface area contributed by atoms with Crippen LogP contribution in [0.2, 0.25) is 0 Å². The summed E-state index contributed by atoms with van der Waals surface area (Å²) in [6.07, 6.45) is 2.70. The molecule has 3 amide bonds. The number of aliphatic carboxylic acids is 1. The van der Waals surface area contributed by atoms with Crippen LogP contribution in [0.15, 0.2) is 53.7 Å². The molecule has 1 aromatic heterocycles. The Morgan fingerprint density at radius 2 is 1.61 bits per heavy atom. The lowest BCUT2D eigenvalue weighted by molar-refractivity contribution is -0.177. The summed E-state index contributed by atoms with van der Waals surface area (Å²) < 4.78 is 39.2. The summed E-state index contributed by atoms with van der Waals surface area (Å²) in [5.74, 6) is -4.68. The fraction of sp³-hybridized carbons (Fsp3) is 0.448. The number of ether oxygens (including phenoxy) is 2. The first-order valence-corrected chi connectivity index (χ1v) is 15.8. The summed E-state index contributed by atoms with van der Waals surface area (Å²) in [4.78, 5) is 74.7. The highest BCUT2D eigenvalue weighted by Gasteiger charge is 2.56. The predicted molar refractivity (Wildman–Crippen MR) is 161 cm³/mol. The number of pyridine rings is 1. The van der Waals surface area contributed by atoms with Crippen molar-refractivity contribution in [2.45, 2.75) is 29.8 Å². The second-order valence-electron chi connectivity index (χ2n) is 10.8. The third-order valence-corrected chi connectivity index (χ3v) is 9.50. The highest BCUT2D eigenvalue weighted by atomic mass is 32.2. The zero-order valence-electron chi connectivity index (χ0n) is 25.6. The molecule has 0 spiro atoms. The highest BCUT2D eigenvalue weighted by Crippen LogP contribution is 2.27. The molecule has 2 fully saturated rings. The number of hydrogen-bond acceptors (Lipinski definition) is 11. The Labute approximate surface area is 265 Å². The molecule has 17 heteroatoms. The lowest BCUT2D eigenvalue weighted by Gasteiger charge is -2.46. The third-order valence-electron chi connectivity index (χ3n) is 8.02. The van der Waals surface area contributed by atoms with Crippen LogP contribution in [-0.2, 0) is 38.7 Å². The fourth-order valence-corrected chi connectivity index (χ4v) is 6.65. The second-order valence-corrected chi connectivity index (χ2v) is 12.5. The molecule has 2 saturated heterocycles. The van der Waals surface area contributed by atoms with Gasteiger partial charge in [0.15, 0.2) is 0 Å². The Hall–Kier alpha value is -4.77. The van der Waals surface area contributed by atoms with Crippen molar-refractivity contribution in [2.24, 2.45) is 0 Å². The number of nitrogens with zero attached hydrogens (tertiary/aromatic N) is 5. The molecule has 2 N–H and O–H groups in total. The van der Waals surface area contributed by atoms with E-state index in [2.05, 4.69) is 14.6 Å². The minimum atomic E-state index is -4.42. The van der Waals surface area contributed by atoms with Crippen LogP contribution in [-0.4, -0.2) is 134 Å². The number of aromatic nitrogens is 1. The van der Waals surface area contributed by atoms with Crippen molar-refractivity contribution < 1.29 is 47.0 Å². The van der Waals surface area contributed by atoms with Gasteiger partial charge in [0.1, 0.15) is 18.3 Å². The van der Waals surface area contributed by atoms with Crippen molar-refractivity contribution in [3.05, 3.63) is 48.8 Å². The first-order chi connectivity index (χ1) is 21.8. The quantitative estimate of drug-likeness (QED) is 0.224. The third kappa shape index (κ3) is 7.20. The predicted octanol–water partition coefficient (Wildman–Crippen LogP) is -0.837. The van der Waals surface area contributed by atoms with Gasteiger partial charge >= 0.3 is 11.9 Å². The molecule has 16 nitrogen and oxygen atoms in total. The lowest BCUT2D eigenvalue weighted by Crippen LogP contribution is -2.72. The van der Waals surface area contributed by atoms with Crippen LogP contribution in [0.4, 0.5) is 5.69 Å². The van der Waals surface area contributed by atoms with E-state index in [-0.39, 0.29) is 18.0 Å². The minimum Gasteiger partial charge on any atom is -0.497 e. The molecule has 2 aromatic rings. The van der Waals surface area contributed by atoms with Gasteiger partial charge in [-0.2, -0.15) is 4.72 Å². The lowest BCUT2D eigenvalue weighted by atomic mass is 9.93. The Morgan fingerprint density at radius 1 is 0.978 bits per heavy atom. The summed E-state index contributed by atoms with van der Waals surface area (Å²) in [7, 11) is -2.01. The van der Waals surface area contributed by atoms with E-state index >= 15 is 0 Å². The van der Waals surface area contributed by atoms with Gasteiger partial charge in [-0.3, -0.25) is 24.2 Å². The van der Waals surface area contributed by atoms with Crippen molar-refractivity contribution in [1.82, 2.24) is 24.4 Å². The van der Waals surface area contributed by atoms with Gasteiger partial charge in [-0.25, -0.2) is 13.2 Å². The number of carbonyl (C=O) groups excluding carboxylic acids is 4. The van der Waals surface area contributed by atoms with Crippen LogP contribution in [0.25, 0.3) is 0 Å². The molecular weight excluding hydrogens is 624 g/mol. The molecule has 0 bridgehead atoms. The average Bonchev–Trinajstić information content (AvgIpc) is 3.06. The van der Waals surface area contributed by atoms with Crippen LogP contribution in [0.3, 0.4) is 0 Å². The van der Waals surface area contributed by atoms with Gasteiger partial charge in [-0.05, 0) is 43.3 Å². The first-order valence-electron chi connectivity index (χ1n) is 14.3. The number of amides is 3. The zero-order valence-corrected chi connectivity index (χ0v) is 26.4. The molecule has 2 aliphatic heterocycles. The Kier molecular flexibility index (Phi) is 10.5. The molecule has 2 atom stereocenters. The standard InChI is InChI=1S/C29H36N6O10S/c1-29(28(41)45-3)27(40)34(19-25(37)38)16-17-35(29)26(39)23(31-46(42,43)22-6-4-21(44-2)5-7-22)18-24(36)33-14-12-32(13-15-33)20-8-10-30-11-9-20/h4-11,23,31H,12-19H2,1-3H3,(H,37,38)/t23-,29+/m0/s1. The van der Waals surface area contributed by atoms with E-state index in [0.29, 0.717) is 31.9 Å². The number of carbonyl (C=O) groups is 5. The van der Waals surface area contributed by atoms with Crippen molar-refractivity contribution in [3.8, 4) is 5.75 Å². The number of sulfonamides is 1. The maximum atomic E-state index is 14.2. The van der Waals surface area contributed by atoms with E-state index in [0.717, 1.165) is 29.5 Å². The average molecular weight is 661 g/mol. The number of nitrogens with one attached hydrogen (secondary N) is 1. The van der Waals surface area contributed by atoms with Crippen LogP contribution in [0.1, 0.15) is 13.3 Å². The number of esters is 1. The number of piperazine rings is 2. The van der Waals surface area contributed by atoms with Gasteiger partial charge in [-0.15, -0.1) is 0 Å². The normalized spacial score (nSPS) is 19.4. The van der Waals surface area contributed by atoms with Gasteiger partial charge in [0.25, 0.3) is 5.91 Å². The minimum absolute atomic E-state index is 0.220. The molecule has 1 aromatic carbocycles. The summed E-state index contributed by atoms with van der Waals surface area (Å²) in [6, 6.07) is 7.29. The first kappa shape index (κ1) is 34.1. The number of carboxylic acids is 1. The summed E-state index contributed by atoms with van der Waals surface area (Å²) in [6.45, 7) is 1.32. The molecule has 0 saturated carbocycles. The van der Waals surface area contributed by atoms with Gasteiger partial charge in [0.05, 0.1) is 25.5 Å². The molecular formula is C29H36N6O10S. The van der Waals surface area contributed by atoms with Crippen LogP contribution >= 0.6 is 0 Å². The maximum absolute atomic E-state index is 14.2. The number of benzene rings is 1. The number of methoxy groups -OCH3 is 2. The Bertz CT molecular complexity index is 1560. The van der Waals surface area contributed by atoms with Crippen LogP contribution < -0.4 is 14.4 Å². The smallest absolute Gasteiger partial charge is 0.341 e. The Morgan fingerprint density at radius 3 is 2.17 bits per heavy atom.